The van der Waals surface area contributed by atoms with Crippen molar-refractivity contribution in [2.24, 2.45) is 11.8 Å². The van der Waals surface area contributed by atoms with Crippen LogP contribution in [0, 0.1) is 11.8 Å². The van der Waals surface area contributed by atoms with Gasteiger partial charge in [0.25, 0.3) is 0 Å². The number of nitrogens with one attached hydrogen (secondary N) is 1. The monoisotopic (exact) mass is 583 g/mol. The molecule has 1 aliphatic carbocycles. The highest BCUT2D eigenvalue weighted by Crippen LogP contribution is 2.43. The molecule has 2 heterocycles. The lowest BCUT2D eigenvalue weighted by Gasteiger charge is -2.39. The summed E-state index contributed by atoms with van der Waals surface area (Å²) < 4.78 is 37.1. The van der Waals surface area contributed by atoms with E-state index >= 15 is 0 Å². The number of hydrogen-bond acceptors (Lipinski definition) is 7. The van der Waals surface area contributed by atoms with Crippen molar-refractivity contribution in [3.63, 3.8) is 0 Å². The fourth-order valence-corrected chi connectivity index (χ4v) is 6.58. The Hall–Kier alpha value is -0.813. The minimum absolute atomic E-state index is 0.0275. The third kappa shape index (κ3) is 10.8. The highest BCUT2D eigenvalue weighted by molar-refractivity contribution is 6.74. The van der Waals surface area contributed by atoms with Crippen LogP contribution >= 0.6 is 0 Å². The summed E-state index contributed by atoms with van der Waals surface area (Å²) >= 11 is 0. The molecular formula is C31H57NO7Si. The van der Waals surface area contributed by atoms with Crippen molar-refractivity contribution in [3.05, 3.63) is 12.2 Å². The molecule has 0 aromatic rings. The molecular weight excluding hydrogens is 526 g/mol. The lowest BCUT2D eigenvalue weighted by Crippen LogP contribution is -2.44. The van der Waals surface area contributed by atoms with Crippen LogP contribution in [0.4, 0.5) is 0 Å². The zero-order valence-electron chi connectivity index (χ0n) is 26.1. The van der Waals surface area contributed by atoms with E-state index in [2.05, 4.69) is 51.3 Å². The largest absolute Gasteiger partial charge is 0.416 e. The van der Waals surface area contributed by atoms with Gasteiger partial charge in [-0.05, 0) is 81.8 Å². The van der Waals surface area contributed by atoms with Crippen LogP contribution in [0.5, 0.6) is 0 Å². The number of carbonyl (C=O) groups excluding carboxylic acids is 1. The fraction of sp³-hybridized carbons (Fsp3) is 0.903. The van der Waals surface area contributed by atoms with Gasteiger partial charge in [-0.15, -0.1) is 0 Å². The fourth-order valence-electron chi connectivity index (χ4n) is 5.54. The van der Waals surface area contributed by atoms with E-state index in [9.17, 15) is 4.79 Å². The predicted octanol–water partition coefficient (Wildman–Crippen LogP) is 6.30. The Balaban J connectivity index is 1.69. The Bertz CT molecular complexity index is 759. The Morgan fingerprint density at radius 3 is 2.12 bits per heavy atom. The van der Waals surface area contributed by atoms with Gasteiger partial charge in [0.05, 0.1) is 12.2 Å². The first-order chi connectivity index (χ1) is 19.1. The van der Waals surface area contributed by atoms with Crippen LogP contribution in [0.2, 0.25) is 18.1 Å². The van der Waals surface area contributed by atoms with E-state index < -0.39 is 8.32 Å². The van der Waals surface area contributed by atoms with Crippen molar-refractivity contribution in [1.82, 2.24) is 5.32 Å². The van der Waals surface area contributed by atoms with Crippen LogP contribution in [-0.2, 0) is 32.9 Å². The quantitative estimate of drug-likeness (QED) is 0.105. The average molecular weight is 584 g/mol. The third-order valence-corrected chi connectivity index (χ3v) is 13.6. The topological polar surface area (TPSA) is 84.5 Å². The molecule has 9 heteroatoms. The number of allylic oxidation sites excluding steroid dienone is 2. The van der Waals surface area contributed by atoms with Gasteiger partial charge in [-0.1, -0.05) is 32.9 Å². The minimum atomic E-state index is -1.93. The van der Waals surface area contributed by atoms with Crippen LogP contribution in [-0.4, -0.2) is 72.7 Å². The van der Waals surface area contributed by atoms with Gasteiger partial charge < -0.3 is 33.4 Å². The lowest BCUT2D eigenvalue weighted by molar-refractivity contribution is -0.204. The molecule has 8 nitrogen and oxygen atoms in total. The number of hydrogen-bond donors (Lipinski definition) is 1. The Morgan fingerprint density at radius 1 is 0.950 bits per heavy atom. The van der Waals surface area contributed by atoms with E-state index in [1.165, 1.54) is 0 Å². The zero-order valence-corrected chi connectivity index (χ0v) is 27.1. The molecule has 232 valence electrons. The minimum Gasteiger partial charge on any atom is -0.416 e. The Morgan fingerprint density at radius 2 is 1.57 bits per heavy atom. The van der Waals surface area contributed by atoms with Gasteiger partial charge in [-0.25, -0.2) is 0 Å². The van der Waals surface area contributed by atoms with E-state index in [1.807, 2.05) is 0 Å². The number of methoxy groups -OCH3 is 1. The Labute approximate surface area is 244 Å². The molecule has 40 heavy (non-hydrogen) atoms. The molecule has 3 aliphatic rings. The number of ether oxygens (including phenoxy) is 5. The maximum atomic E-state index is 11.9. The maximum Gasteiger partial charge on any atom is 0.221 e. The van der Waals surface area contributed by atoms with Crippen LogP contribution < -0.4 is 5.32 Å². The predicted molar refractivity (Wildman–Crippen MR) is 159 cm³/mol. The van der Waals surface area contributed by atoms with E-state index in [1.54, 1.807) is 7.11 Å². The second-order valence-corrected chi connectivity index (χ2v) is 18.0. The first-order valence-corrected chi connectivity index (χ1v) is 18.6. The van der Waals surface area contributed by atoms with Crippen LogP contribution in [0.15, 0.2) is 12.2 Å². The molecule has 1 N–H and O–H groups in total. The number of unbranched alkanes of at least 4 members (excludes halogenated alkanes) is 1. The molecule has 0 bridgehead atoms. The molecule has 1 amide bonds. The maximum absolute atomic E-state index is 11.9. The van der Waals surface area contributed by atoms with Crippen molar-refractivity contribution in [2.75, 3.05) is 33.7 Å². The first-order valence-electron chi connectivity index (χ1n) is 15.7. The van der Waals surface area contributed by atoms with Crippen molar-refractivity contribution in [3.8, 4) is 0 Å². The van der Waals surface area contributed by atoms with Gasteiger partial charge in [-0.2, -0.15) is 0 Å². The summed E-state index contributed by atoms with van der Waals surface area (Å²) in [5.41, 5.74) is 0. The molecule has 1 saturated carbocycles. The van der Waals surface area contributed by atoms with Gasteiger partial charge in [0.2, 0.25) is 5.91 Å². The van der Waals surface area contributed by atoms with E-state index in [-0.39, 0.29) is 54.3 Å². The van der Waals surface area contributed by atoms with Crippen LogP contribution in [0.3, 0.4) is 0 Å². The van der Waals surface area contributed by atoms with Crippen molar-refractivity contribution >= 4 is 14.2 Å². The van der Waals surface area contributed by atoms with Gasteiger partial charge in [0, 0.05) is 45.7 Å². The second kappa shape index (κ2) is 16.7. The Kier molecular flexibility index (Phi) is 14.1. The summed E-state index contributed by atoms with van der Waals surface area (Å²) in [6, 6.07) is 0. The molecule has 6 atom stereocenters. The van der Waals surface area contributed by atoms with Gasteiger partial charge in [0.1, 0.15) is 6.73 Å². The highest BCUT2D eigenvalue weighted by atomic mass is 28.4. The normalized spacial score (nSPS) is 30.1. The van der Waals surface area contributed by atoms with Crippen LogP contribution in [0.25, 0.3) is 0 Å². The molecule has 2 saturated heterocycles. The number of amides is 1. The summed E-state index contributed by atoms with van der Waals surface area (Å²) in [7, 11) is -0.360. The molecule has 0 radical (unpaired) electrons. The standard InChI is InChI=1S/C31H57NO7Si/c1-31(2,3)40(5,6)37-22-25-24(15-9-7-8-10-16-28(33)32-23-34-4)26(38-29-17-11-13-19-35-29)21-27(25)39-30-18-12-14-20-36-30/h7,9,24-27,29-30H,8,10-23H2,1-6H3,(H,32,33)/b9-7-/t24-,25-,26-,27-,29?,30?/m1/s1. The number of carbonyl (C=O) groups is 1. The molecule has 3 rings (SSSR count). The summed E-state index contributed by atoms with van der Waals surface area (Å²) in [4.78, 5) is 11.9. The third-order valence-electron chi connectivity index (χ3n) is 9.10. The molecule has 2 aliphatic heterocycles. The van der Waals surface area contributed by atoms with Crippen molar-refractivity contribution in [1.29, 1.82) is 0 Å². The summed E-state index contributed by atoms with van der Waals surface area (Å²) in [6.45, 7) is 14.0. The van der Waals surface area contributed by atoms with Gasteiger partial charge >= 0.3 is 0 Å². The first kappa shape index (κ1) is 33.7. The van der Waals surface area contributed by atoms with Crippen molar-refractivity contribution < 1.29 is 32.9 Å². The molecule has 0 spiro atoms. The molecule has 0 aromatic carbocycles. The summed E-state index contributed by atoms with van der Waals surface area (Å²) in [5.74, 6) is 0.516. The zero-order chi connectivity index (χ0) is 29.0. The van der Waals surface area contributed by atoms with E-state index in [0.29, 0.717) is 13.0 Å². The average Bonchev–Trinajstić information content (AvgIpc) is 3.23. The van der Waals surface area contributed by atoms with Crippen LogP contribution in [0.1, 0.15) is 91.4 Å². The van der Waals surface area contributed by atoms with E-state index in [0.717, 1.165) is 77.4 Å². The molecule has 3 fully saturated rings. The number of rotatable bonds is 15. The van der Waals surface area contributed by atoms with Gasteiger partial charge in [-0.3, -0.25) is 4.79 Å². The SMILES string of the molecule is COCNC(=O)CCC/C=C\C[C@@H]1[C@@H](CO[Si](C)(C)C(C)(C)C)[C@H](OC2CCCCO2)C[C@H]1OC1CCCCO1. The van der Waals surface area contributed by atoms with E-state index in [4.69, 9.17) is 28.1 Å². The van der Waals surface area contributed by atoms with Crippen molar-refractivity contribution in [2.45, 2.75) is 134 Å². The summed E-state index contributed by atoms with van der Waals surface area (Å²) in [6.07, 6.45) is 14.6. The lowest BCUT2D eigenvalue weighted by atomic mass is 9.90. The summed E-state index contributed by atoms with van der Waals surface area (Å²) in [5, 5.41) is 2.89. The van der Waals surface area contributed by atoms with Gasteiger partial charge in [0.15, 0.2) is 20.9 Å². The second-order valence-electron chi connectivity index (χ2n) is 13.2. The highest BCUT2D eigenvalue weighted by Gasteiger charge is 2.48. The smallest absolute Gasteiger partial charge is 0.221 e. The molecule has 2 unspecified atom stereocenters. The molecule has 0 aromatic heterocycles.